The Kier molecular flexibility index (Phi) is 18.9. The number of pyridine rings is 1. The number of nitrogens with one attached hydrogen (secondary N) is 2. The molecule has 0 atom stereocenters. The largest absolute Gasteiger partial charge is 2.00 e. The minimum Gasteiger partial charge on any atom is -0.530 e. The van der Waals surface area contributed by atoms with Gasteiger partial charge in [0.15, 0.2) is 0 Å². The number of amides is 2. The number of rotatable bonds is 4. The van der Waals surface area contributed by atoms with Crippen LogP contribution in [0.4, 0.5) is 9.59 Å². The van der Waals surface area contributed by atoms with Crippen molar-refractivity contribution in [3.8, 4) is 0 Å². The Morgan fingerprint density at radius 1 is 0.688 bits per heavy atom. The Hall–Kier alpha value is -1.66. The molecule has 5 N–H and O–H groups in total. The average Bonchev–Trinajstić information content (AvgIpc) is 2.41. The summed E-state index contributed by atoms with van der Waals surface area (Å²) in [6.45, 7) is 19.9. The molecule has 2 amide bonds. The maximum atomic E-state index is 10.3. The Morgan fingerprint density at radius 2 is 0.969 bits per heavy atom. The Labute approximate surface area is 209 Å². The normalized spacial score (nSPS) is 11.1. The summed E-state index contributed by atoms with van der Waals surface area (Å²) in [5.41, 5.74) is -0.577. The fourth-order valence-electron chi connectivity index (χ4n) is 3.61. The molecule has 1 heterocycles. The Bertz CT molecular complexity index is 558. The van der Waals surface area contributed by atoms with Crippen LogP contribution in [-0.2, 0) is 21.1 Å². The summed E-state index contributed by atoms with van der Waals surface area (Å²) >= 11 is 0. The second kappa shape index (κ2) is 16.0. The molecule has 0 spiro atoms. The third kappa shape index (κ3) is 30.5. The quantitative estimate of drug-likeness (QED) is 0.461. The van der Waals surface area contributed by atoms with E-state index >= 15 is 0 Å². The molecule has 0 saturated carbocycles. The summed E-state index contributed by atoms with van der Waals surface area (Å²) in [5, 5.41) is 25.3. The van der Waals surface area contributed by atoms with Crippen LogP contribution in [0.25, 0.3) is 0 Å². The molecule has 0 aliphatic rings. The van der Waals surface area contributed by atoms with Gasteiger partial charge < -0.3 is 36.6 Å². The van der Waals surface area contributed by atoms with E-state index in [0.717, 1.165) is 12.8 Å². The molecule has 0 radical (unpaired) electrons. The zero-order valence-electron chi connectivity index (χ0n) is 21.4. The van der Waals surface area contributed by atoms with Crippen LogP contribution in [0.15, 0.2) is 30.6 Å². The number of aromatic nitrogens is 1. The van der Waals surface area contributed by atoms with E-state index in [4.69, 9.17) is 0 Å². The van der Waals surface area contributed by atoms with Crippen LogP contribution in [-0.4, -0.2) is 28.2 Å². The molecule has 0 unspecified atom stereocenters. The summed E-state index contributed by atoms with van der Waals surface area (Å²) < 4.78 is 0. The number of nitrogens with zero attached hydrogens (tertiary/aromatic N) is 1. The second-order valence-electron chi connectivity index (χ2n) is 11.1. The van der Waals surface area contributed by atoms with Gasteiger partial charge in [0.1, 0.15) is 12.2 Å². The maximum Gasteiger partial charge on any atom is 2.00 e. The van der Waals surface area contributed by atoms with Gasteiger partial charge in [-0.3, -0.25) is 4.98 Å². The van der Waals surface area contributed by atoms with Gasteiger partial charge in [0, 0.05) is 23.5 Å². The summed E-state index contributed by atoms with van der Waals surface area (Å²) in [6, 6.07) is 5.72. The first-order valence-corrected chi connectivity index (χ1v) is 10.1. The number of hydrogen-bond donors (Lipinski definition) is 3. The van der Waals surface area contributed by atoms with Gasteiger partial charge in [-0.2, -0.15) is 0 Å². The molecule has 32 heavy (non-hydrogen) atoms. The SMILES string of the molecule is CC(C)(C)CC(C)(C)NC(=O)[O-].CC(C)(C)CC(C)(C)NC(=O)[O-].N.[Pt+2].c1ccncc1. The van der Waals surface area contributed by atoms with E-state index in [1.807, 2.05) is 45.9 Å². The standard InChI is InChI=1S/2C9H19NO2.C5H5N.H3N.Pt/c2*1-8(2,3)6-9(4,5)10-7(11)12;1-2-4-6-5-3-1;;/h2*10H,6H2,1-5H3,(H,11,12);1-5H;1H3;/q;;;;+2/p-2. The van der Waals surface area contributed by atoms with Crippen LogP contribution in [0.5, 0.6) is 0 Å². The predicted octanol–water partition coefficient (Wildman–Crippen LogP) is 3.51. The number of carbonyl (C=O) groups excluding carboxylic acids is 2. The molecule has 1 aromatic heterocycles. The van der Waals surface area contributed by atoms with Gasteiger partial charge in [-0.1, -0.05) is 47.6 Å². The van der Waals surface area contributed by atoms with E-state index in [9.17, 15) is 19.8 Å². The van der Waals surface area contributed by atoms with Crippen molar-refractivity contribution < 1.29 is 40.9 Å². The molecule has 1 rings (SSSR count). The van der Waals surface area contributed by atoms with Crippen molar-refractivity contribution in [2.45, 2.75) is 93.2 Å². The molecule has 0 saturated heterocycles. The Balaban J connectivity index is -0.000000186. The minimum atomic E-state index is -1.20. The van der Waals surface area contributed by atoms with Crippen LogP contribution in [0.2, 0.25) is 0 Å². The van der Waals surface area contributed by atoms with Gasteiger partial charge in [0.2, 0.25) is 0 Å². The van der Waals surface area contributed by atoms with Crippen molar-refractivity contribution in [2.24, 2.45) is 10.8 Å². The van der Waals surface area contributed by atoms with Crippen LogP contribution in [0.1, 0.15) is 82.1 Å². The maximum absolute atomic E-state index is 10.3. The summed E-state index contributed by atoms with van der Waals surface area (Å²) in [7, 11) is 0. The first-order valence-electron chi connectivity index (χ1n) is 10.1. The van der Waals surface area contributed by atoms with E-state index in [1.165, 1.54) is 0 Å². The van der Waals surface area contributed by atoms with Crippen molar-refractivity contribution in [3.63, 3.8) is 0 Å². The Morgan fingerprint density at radius 3 is 1.09 bits per heavy atom. The summed E-state index contributed by atoms with van der Waals surface area (Å²) in [4.78, 5) is 24.3. The number of hydrogen-bond acceptors (Lipinski definition) is 6. The molecular weight excluding hydrogens is 591 g/mol. The monoisotopic (exact) mass is 635 g/mol. The van der Waals surface area contributed by atoms with Crippen molar-refractivity contribution in [1.82, 2.24) is 21.8 Å². The second-order valence-corrected chi connectivity index (χ2v) is 11.1. The van der Waals surface area contributed by atoms with E-state index < -0.39 is 23.3 Å². The van der Waals surface area contributed by atoms with Gasteiger partial charge >= 0.3 is 21.1 Å². The molecule has 0 fully saturated rings. The molecule has 0 aliphatic carbocycles. The zero-order valence-corrected chi connectivity index (χ0v) is 23.7. The molecule has 0 aliphatic heterocycles. The fourth-order valence-corrected chi connectivity index (χ4v) is 3.61. The van der Waals surface area contributed by atoms with Gasteiger partial charge in [-0.25, -0.2) is 0 Å². The van der Waals surface area contributed by atoms with Gasteiger partial charge in [-0.15, -0.1) is 0 Å². The van der Waals surface area contributed by atoms with Crippen molar-refractivity contribution in [1.29, 1.82) is 0 Å². The minimum absolute atomic E-state index is 0. The average molecular weight is 636 g/mol. The van der Waals surface area contributed by atoms with E-state index in [0.29, 0.717) is 0 Å². The zero-order chi connectivity index (χ0) is 24.2. The number of carboxylic acid groups (broad SMARTS) is 2. The third-order valence-electron chi connectivity index (χ3n) is 3.39. The first kappa shape index (κ1) is 37.6. The van der Waals surface area contributed by atoms with Crippen LogP contribution < -0.4 is 27.0 Å². The summed E-state index contributed by atoms with van der Waals surface area (Å²) in [5.74, 6) is 0. The molecule has 8 nitrogen and oxygen atoms in total. The van der Waals surface area contributed by atoms with Crippen molar-refractivity contribution >= 4 is 12.2 Å². The van der Waals surface area contributed by atoms with Gasteiger partial charge in [0.05, 0.1) is 0 Å². The number of carbonyl (C=O) groups is 2. The molecule has 9 heteroatoms. The predicted molar refractivity (Wildman–Crippen MR) is 123 cm³/mol. The van der Waals surface area contributed by atoms with E-state index in [1.54, 1.807) is 12.4 Å². The van der Waals surface area contributed by atoms with E-state index in [-0.39, 0.29) is 38.0 Å². The fraction of sp³-hybridized carbons (Fsp3) is 0.696. The van der Waals surface area contributed by atoms with Crippen molar-refractivity contribution in [2.75, 3.05) is 0 Å². The molecule has 0 aromatic carbocycles. The molecule has 1 aromatic rings. The molecule has 0 bridgehead atoms. The van der Waals surface area contributed by atoms with E-state index in [2.05, 4.69) is 57.2 Å². The smallest absolute Gasteiger partial charge is 0.530 e. The van der Waals surface area contributed by atoms with Gasteiger partial charge in [-0.05, 0) is 63.5 Å². The topological polar surface area (TPSA) is 152 Å². The van der Waals surface area contributed by atoms with Crippen LogP contribution in [0, 0.1) is 10.8 Å². The van der Waals surface area contributed by atoms with Gasteiger partial charge in [0.25, 0.3) is 0 Å². The third-order valence-corrected chi connectivity index (χ3v) is 3.39. The summed E-state index contributed by atoms with van der Waals surface area (Å²) in [6.07, 6.45) is 2.66. The first-order chi connectivity index (χ1) is 13.2. The van der Waals surface area contributed by atoms with Crippen LogP contribution >= 0.6 is 0 Å². The molecule has 190 valence electrons. The molecular formula is C23H44N4O4Pt. The van der Waals surface area contributed by atoms with Crippen LogP contribution in [0.3, 0.4) is 0 Å². The van der Waals surface area contributed by atoms with Crippen molar-refractivity contribution in [3.05, 3.63) is 30.6 Å².